The Morgan fingerprint density at radius 2 is 2.06 bits per heavy atom. The zero-order valence-corrected chi connectivity index (χ0v) is 11.8. The maximum absolute atomic E-state index is 10.3. The number of piperazine rings is 1. The Kier molecular flexibility index (Phi) is 4.49. The van der Waals surface area contributed by atoms with Gasteiger partial charge in [-0.3, -0.25) is 4.90 Å². The van der Waals surface area contributed by atoms with Crippen LogP contribution >= 0.6 is 11.6 Å². The molecule has 0 aromatic heterocycles. The number of benzene rings is 1. The van der Waals surface area contributed by atoms with Gasteiger partial charge >= 0.3 is 0 Å². The fraction of sp³-hybridized carbons (Fsp3) is 0.571. The predicted octanol–water partition coefficient (Wildman–Crippen LogP) is 2.71. The topological polar surface area (TPSA) is 35.5 Å². The fourth-order valence-electron chi connectivity index (χ4n) is 2.68. The minimum atomic E-state index is 0.254. The molecule has 0 unspecified atom stereocenters. The second-order valence-electron chi connectivity index (χ2n) is 4.87. The average molecular weight is 269 g/mol. The summed E-state index contributed by atoms with van der Waals surface area (Å²) in [5.74, 6) is 0.393. The average Bonchev–Trinajstić information content (AvgIpc) is 2.37. The van der Waals surface area contributed by atoms with Crippen molar-refractivity contribution in [1.82, 2.24) is 10.2 Å². The summed E-state index contributed by atoms with van der Waals surface area (Å²) < 4.78 is 0. The second kappa shape index (κ2) is 5.91. The molecule has 0 spiro atoms. The molecule has 1 aliphatic heterocycles. The fourth-order valence-corrected chi connectivity index (χ4v) is 2.97. The third-order valence-corrected chi connectivity index (χ3v) is 3.85. The number of aryl methyl sites for hydroxylation is 1. The number of aromatic hydroxyl groups is 1. The summed E-state index contributed by atoms with van der Waals surface area (Å²) in [5, 5.41) is 14.3. The van der Waals surface area contributed by atoms with Crippen LogP contribution in [-0.2, 0) is 0 Å². The Morgan fingerprint density at radius 1 is 1.39 bits per heavy atom. The number of nitrogens with one attached hydrogen (secondary N) is 1. The van der Waals surface area contributed by atoms with Crippen LogP contribution in [0, 0.1) is 6.92 Å². The van der Waals surface area contributed by atoms with Crippen LogP contribution in [0.5, 0.6) is 5.75 Å². The van der Waals surface area contributed by atoms with E-state index in [4.69, 9.17) is 11.6 Å². The molecular weight excluding hydrogens is 248 g/mol. The summed E-state index contributed by atoms with van der Waals surface area (Å²) in [5.41, 5.74) is 1.82. The standard InChI is InChI=1S/C14H21ClN2O/c1-3-13(17-6-4-16-5-7-17)12-9-11(15)8-10(2)14(12)18/h8-9,13,16,18H,3-7H2,1-2H3/t13-/m1/s1. The Hall–Kier alpha value is -0.770. The zero-order valence-electron chi connectivity index (χ0n) is 11.0. The first kappa shape index (κ1) is 13.7. The van der Waals surface area contributed by atoms with Crippen molar-refractivity contribution in [2.75, 3.05) is 26.2 Å². The first-order valence-electron chi connectivity index (χ1n) is 6.57. The molecule has 1 saturated heterocycles. The maximum atomic E-state index is 10.3. The van der Waals surface area contributed by atoms with E-state index >= 15 is 0 Å². The van der Waals surface area contributed by atoms with Crippen molar-refractivity contribution >= 4 is 11.6 Å². The number of rotatable bonds is 3. The summed E-state index contributed by atoms with van der Waals surface area (Å²) >= 11 is 6.12. The molecule has 4 heteroatoms. The number of halogens is 1. The van der Waals surface area contributed by atoms with Crippen molar-refractivity contribution in [3.8, 4) is 5.75 Å². The first-order valence-corrected chi connectivity index (χ1v) is 6.95. The highest BCUT2D eigenvalue weighted by Crippen LogP contribution is 2.35. The largest absolute Gasteiger partial charge is 0.507 e. The third-order valence-electron chi connectivity index (χ3n) is 3.63. The van der Waals surface area contributed by atoms with Gasteiger partial charge in [-0.25, -0.2) is 0 Å². The number of phenolic OH excluding ortho intramolecular Hbond substituents is 1. The molecule has 1 atom stereocenters. The summed E-state index contributed by atoms with van der Waals surface area (Å²) in [6.45, 7) is 8.11. The van der Waals surface area contributed by atoms with Gasteiger partial charge < -0.3 is 10.4 Å². The number of phenols is 1. The molecule has 2 N–H and O–H groups in total. The van der Waals surface area contributed by atoms with Crippen LogP contribution in [-0.4, -0.2) is 36.2 Å². The van der Waals surface area contributed by atoms with Gasteiger partial charge in [0.1, 0.15) is 5.75 Å². The predicted molar refractivity (Wildman–Crippen MR) is 75.3 cm³/mol. The lowest BCUT2D eigenvalue weighted by molar-refractivity contribution is 0.167. The molecule has 0 radical (unpaired) electrons. The molecule has 0 aliphatic carbocycles. The van der Waals surface area contributed by atoms with Crippen LogP contribution in [0.25, 0.3) is 0 Å². The van der Waals surface area contributed by atoms with Gasteiger partial charge in [-0.2, -0.15) is 0 Å². The third kappa shape index (κ3) is 2.79. The van der Waals surface area contributed by atoms with Gasteiger partial charge in [-0.1, -0.05) is 18.5 Å². The van der Waals surface area contributed by atoms with Gasteiger partial charge in [0.25, 0.3) is 0 Å². The highest BCUT2D eigenvalue weighted by molar-refractivity contribution is 6.30. The highest BCUT2D eigenvalue weighted by atomic mass is 35.5. The van der Waals surface area contributed by atoms with Gasteiger partial charge in [0.2, 0.25) is 0 Å². The van der Waals surface area contributed by atoms with Gasteiger partial charge in [0.15, 0.2) is 0 Å². The quantitative estimate of drug-likeness (QED) is 0.885. The molecule has 0 saturated carbocycles. The second-order valence-corrected chi connectivity index (χ2v) is 5.31. The van der Waals surface area contributed by atoms with Crippen LogP contribution in [0.3, 0.4) is 0 Å². The first-order chi connectivity index (χ1) is 8.63. The summed E-state index contributed by atoms with van der Waals surface area (Å²) in [7, 11) is 0. The molecule has 1 aromatic carbocycles. The molecular formula is C14H21ClN2O. The molecule has 100 valence electrons. The van der Waals surface area contributed by atoms with E-state index in [9.17, 15) is 5.11 Å². The number of hydrogen-bond acceptors (Lipinski definition) is 3. The molecule has 1 aliphatic rings. The molecule has 3 nitrogen and oxygen atoms in total. The molecule has 18 heavy (non-hydrogen) atoms. The minimum Gasteiger partial charge on any atom is -0.507 e. The maximum Gasteiger partial charge on any atom is 0.123 e. The molecule has 0 bridgehead atoms. The van der Waals surface area contributed by atoms with Crippen LogP contribution in [0.15, 0.2) is 12.1 Å². The van der Waals surface area contributed by atoms with E-state index in [0.29, 0.717) is 10.8 Å². The molecule has 1 fully saturated rings. The van der Waals surface area contributed by atoms with Crippen molar-refractivity contribution in [2.24, 2.45) is 0 Å². The van der Waals surface area contributed by atoms with Crippen LogP contribution in [0.4, 0.5) is 0 Å². The van der Waals surface area contributed by atoms with Crippen molar-refractivity contribution in [2.45, 2.75) is 26.3 Å². The van der Waals surface area contributed by atoms with E-state index < -0.39 is 0 Å². The van der Waals surface area contributed by atoms with Crippen LogP contribution in [0.1, 0.15) is 30.5 Å². The lowest BCUT2D eigenvalue weighted by Gasteiger charge is -2.35. The SMILES string of the molecule is CC[C@H](c1cc(Cl)cc(C)c1O)N1CCNCC1. The highest BCUT2D eigenvalue weighted by Gasteiger charge is 2.23. The van der Waals surface area contributed by atoms with Crippen molar-refractivity contribution in [3.05, 3.63) is 28.3 Å². The molecule has 1 aromatic rings. The zero-order chi connectivity index (χ0) is 13.1. The Labute approximate surface area is 114 Å². The summed E-state index contributed by atoms with van der Waals surface area (Å²) in [6.07, 6.45) is 0.980. The van der Waals surface area contributed by atoms with Gasteiger partial charge in [0, 0.05) is 42.8 Å². The smallest absolute Gasteiger partial charge is 0.123 e. The van der Waals surface area contributed by atoms with Crippen molar-refractivity contribution in [3.63, 3.8) is 0 Å². The van der Waals surface area contributed by atoms with E-state index in [1.165, 1.54) is 0 Å². The monoisotopic (exact) mass is 268 g/mol. The molecule has 2 rings (SSSR count). The molecule has 0 amide bonds. The van der Waals surface area contributed by atoms with Gasteiger partial charge in [-0.15, -0.1) is 0 Å². The normalized spacial score (nSPS) is 18.8. The summed E-state index contributed by atoms with van der Waals surface area (Å²) in [6, 6.07) is 3.97. The van der Waals surface area contributed by atoms with E-state index in [2.05, 4.69) is 17.1 Å². The Morgan fingerprint density at radius 3 is 2.67 bits per heavy atom. The van der Waals surface area contributed by atoms with Gasteiger partial charge in [0.05, 0.1) is 0 Å². The van der Waals surface area contributed by atoms with Crippen LogP contribution in [0.2, 0.25) is 5.02 Å². The van der Waals surface area contributed by atoms with E-state index in [0.717, 1.165) is 43.7 Å². The Balaban J connectivity index is 2.31. The van der Waals surface area contributed by atoms with Crippen molar-refractivity contribution < 1.29 is 5.11 Å². The van der Waals surface area contributed by atoms with E-state index in [1.54, 1.807) is 0 Å². The van der Waals surface area contributed by atoms with Crippen molar-refractivity contribution in [1.29, 1.82) is 0 Å². The van der Waals surface area contributed by atoms with Crippen LogP contribution < -0.4 is 5.32 Å². The Bertz CT molecular complexity index is 417. The molecule has 1 heterocycles. The van der Waals surface area contributed by atoms with Gasteiger partial charge in [-0.05, 0) is 31.0 Å². The number of nitrogens with zero attached hydrogens (tertiary/aromatic N) is 1. The van der Waals surface area contributed by atoms with E-state index in [-0.39, 0.29) is 6.04 Å². The summed E-state index contributed by atoms with van der Waals surface area (Å²) in [4.78, 5) is 2.42. The van der Waals surface area contributed by atoms with E-state index in [1.807, 2.05) is 19.1 Å². The lowest BCUT2D eigenvalue weighted by atomic mass is 9.98. The minimum absolute atomic E-state index is 0.254. The lowest BCUT2D eigenvalue weighted by Crippen LogP contribution is -2.45. The number of hydrogen-bond donors (Lipinski definition) is 2.